The van der Waals surface area contributed by atoms with Gasteiger partial charge in [-0.15, -0.1) is 0 Å². The largest absolute Gasteiger partial charge is 0.462 e. The van der Waals surface area contributed by atoms with E-state index in [0.717, 1.165) is 77.0 Å². The van der Waals surface area contributed by atoms with Gasteiger partial charge in [0.1, 0.15) is 6.61 Å². The van der Waals surface area contributed by atoms with Crippen molar-refractivity contribution in [3.63, 3.8) is 0 Å². The maximum absolute atomic E-state index is 12.4. The van der Waals surface area contributed by atoms with Crippen molar-refractivity contribution in [1.29, 1.82) is 0 Å². The second-order valence-corrected chi connectivity index (χ2v) is 25.7. The summed E-state index contributed by atoms with van der Waals surface area (Å²) in [4.78, 5) is 24.7. The van der Waals surface area contributed by atoms with Crippen molar-refractivity contribution < 1.29 is 24.2 Å². The fraction of sp³-hybridized carbons (Fsp3) is 0.802. The standard InChI is InChI=1S/C81H146O5/c1-3-5-7-9-11-13-15-17-19-21-23-25-27-29-31-33-35-36-37-38-39-40-41-42-43-44-46-47-49-51-53-55-57-59-61-63-65-67-69-71-73-75-80(83)85-78-79(77-82)86-81(84)76-74-72-70-68-66-64-62-60-58-56-54-52-50-48-45-34-32-30-28-26-24-22-20-18-16-14-12-10-8-6-4-2/h6,8,12,14-15,17-18,20-21,23-24,26-27,29,79,82H,3-5,7,9-11,13,16,19,22,25,28,30-78H2,1-2H3/b8-6-,14-12-,17-15-,20-18-,23-21-,26-24-,29-27-. The van der Waals surface area contributed by atoms with Crippen LogP contribution in [0.5, 0.6) is 0 Å². The number of esters is 2. The first-order chi connectivity index (χ1) is 42.6. The molecule has 5 nitrogen and oxygen atoms in total. The fourth-order valence-electron chi connectivity index (χ4n) is 11.5. The summed E-state index contributed by atoms with van der Waals surface area (Å²) >= 11 is 0. The molecule has 0 aromatic carbocycles. The Hall–Kier alpha value is -2.92. The van der Waals surface area contributed by atoms with Gasteiger partial charge >= 0.3 is 11.9 Å². The van der Waals surface area contributed by atoms with Gasteiger partial charge in [0.25, 0.3) is 0 Å². The van der Waals surface area contributed by atoms with Gasteiger partial charge < -0.3 is 14.6 Å². The van der Waals surface area contributed by atoms with Crippen LogP contribution < -0.4 is 0 Å². The molecule has 0 aliphatic heterocycles. The van der Waals surface area contributed by atoms with Crippen LogP contribution in [0.3, 0.4) is 0 Å². The topological polar surface area (TPSA) is 72.8 Å². The number of rotatable bonds is 71. The molecule has 500 valence electrons. The molecule has 0 bridgehead atoms. The second-order valence-electron chi connectivity index (χ2n) is 25.7. The van der Waals surface area contributed by atoms with Gasteiger partial charge in [-0.25, -0.2) is 0 Å². The summed E-state index contributed by atoms with van der Waals surface area (Å²) in [7, 11) is 0. The third-order valence-electron chi connectivity index (χ3n) is 17.2. The Bertz CT molecular complexity index is 1550. The molecular weight excluding hydrogens is 1050 g/mol. The molecule has 0 rings (SSSR count). The number of aliphatic hydroxyl groups excluding tert-OH is 1. The van der Waals surface area contributed by atoms with E-state index in [9.17, 15) is 14.7 Å². The van der Waals surface area contributed by atoms with Crippen LogP contribution in [0.1, 0.15) is 399 Å². The number of hydrogen-bond donors (Lipinski definition) is 1. The Morgan fingerprint density at radius 2 is 0.500 bits per heavy atom. The van der Waals surface area contributed by atoms with Crippen molar-refractivity contribution in [2.75, 3.05) is 13.2 Å². The van der Waals surface area contributed by atoms with Crippen molar-refractivity contribution in [2.45, 2.75) is 405 Å². The molecule has 0 saturated heterocycles. The monoisotopic (exact) mass is 1200 g/mol. The third kappa shape index (κ3) is 73.5. The highest BCUT2D eigenvalue weighted by molar-refractivity contribution is 5.70. The van der Waals surface area contributed by atoms with Gasteiger partial charge in [-0.3, -0.25) is 9.59 Å². The number of aliphatic hydroxyl groups is 1. The van der Waals surface area contributed by atoms with Gasteiger partial charge in [0.05, 0.1) is 6.61 Å². The summed E-state index contributed by atoms with van der Waals surface area (Å²) in [6.45, 7) is 4.07. The summed E-state index contributed by atoms with van der Waals surface area (Å²) < 4.78 is 10.8. The quantitative estimate of drug-likeness (QED) is 0.0373. The minimum Gasteiger partial charge on any atom is -0.462 e. The first kappa shape index (κ1) is 83.1. The van der Waals surface area contributed by atoms with E-state index in [1.54, 1.807) is 0 Å². The van der Waals surface area contributed by atoms with Crippen LogP contribution in [-0.4, -0.2) is 36.4 Å². The lowest BCUT2D eigenvalue weighted by Crippen LogP contribution is -2.28. The van der Waals surface area contributed by atoms with Crippen molar-refractivity contribution in [2.24, 2.45) is 0 Å². The van der Waals surface area contributed by atoms with E-state index in [1.165, 1.54) is 295 Å². The minimum absolute atomic E-state index is 0.0621. The molecule has 0 radical (unpaired) electrons. The number of carbonyl (C=O) groups excluding carboxylic acids is 2. The number of ether oxygens (including phenoxy) is 2. The van der Waals surface area contributed by atoms with Crippen molar-refractivity contribution in [3.8, 4) is 0 Å². The molecule has 0 heterocycles. The Morgan fingerprint density at radius 3 is 0.756 bits per heavy atom. The van der Waals surface area contributed by atoms with E-state index in [0.29, 0.717) is 12.8 Å². The van der Waals surface area contributed by atoms with E-state index in [4.69, 9.17) is 9.47 Å². The zero-order chi connectivity index (χ0) is 61.9. The highest BCUT2D eigenvalue weighted by Crippen LogP contribution is 2.19. The summed E-state index contributed by atoms with van der Waals surface area (Å²) in [6, 6.07) is 0. The molecule has 0 saturated carbocycles. The van der Waals surface area contributed by atoms with E-state index >= 15 is 0 Å². The van der Waals surface area contributed by atoms with E-state index in [-0.39, 0.29) is 25.2 Å². The van der Waals surface area contributed by atoms with Crippen molar-refractivity contribution >= 4 is 11.9 Å². The molecule has 0 spiro atoms. The van der Waals surface area contributed by atoms with Crippen LogP contribution in [0.25, 0.3) is 0 Å². The van der Waals surface area contributed by atoms with Gasteiger partial charge in [-0.2, -0.15) is 0 Å². The first-order valence-corrected chi connectivity index (χ1v) is 38.1. The van der Waals surface area contributed by atoms with Crippen LogP contribution in [0.2, 0.25) is 0 Å². The highest BCUT2D eigenvalue weighted by atomic mass is 16.6. The van der Waals surface area contributed by atoms with Gasteiger partial charge in [0.2, 0.25) is 0 Å². The maximum atomic E-state index is 12.4. The molecule has 86 heavy (non-hydrogen) atoms. The zero-order valence-corrected chi connectivity index (χ0v) is 57.6. The lowest BCUT2D eigenvalue weighted by Gasteiger charge is -2.15. The van der Waals surface area contributed by atoms with Crippen molar-refractivity contribution in [3.05, 3.63) is 85.1 Å². The molecule has 0 fully saturated rings. The Balaban J connectivity index is 3.39. The van der Waals surface area contributed by atoms with E-state index in [2.05, 4.69) is 98.9 Å². The lowest BCUT2D eigenvalue weighted by atomic mass is 10.0. The van der Waals surface area contributed by atoms with E-state index < -0.39 is 6.10 Å². The summed E-state index contributed by atoms with van der Waals surface area (Å²) in [6.07, 6.45) is 108. The predicted molar refractivity (Wildman–Crippen MR) is 380 cm³/mol. The summed E-state index contributed by atoms with van der Waals surface area (Å²) in [5.41, 5.74) is 0. The molecule has 1 atom stereocenters. The van der Waals surface area contributed by atoms with Gasteiger partial charge in [0.15, 0.2) is 6.10 Å². The first-order valence-electron chi connectivity index (χ1n) is 38.1. The zero-order valence-electron chi connectivity index (χ0n) is 57.6. The lowest BCUT2D eigenvalue weighted by molar-refractivity contribution is -0.161. The molecule has 0 aliphatic carbocycles. The SMILES string of the molecule is CC/C=C\C/C=C\C/C=C\C/C=C\CCCCCCCCCCCCCCCCCCCCC(=O)OC(CO)COC(=O)CCCCCCCCCCCCCCCCCCCCCCCCCCCC/C=C\C/C=C\C/C=C\CCCCCCC. The molecular formula is C81H146O5. The van der Waals surface area contributed by atoms with Gasteiger partial charge in [0, 0.05) is 12.8 Å². The molecule has 0 aromatic rings. The maximum Gasteiger partial charge on any atom is 0.306 e. The van der Waals surface area contributed by atoms with Crippen LogP contribution >= 0.6 is 0 Å². The molecule has 0 aromatic heterocycles. The minimum atomic E-state index is -0.774. The highest BCUT2D eigenvalue weighted by Gasteiger charge is 2.16. The third-order valence-corrected chi connectivity index (χ3v) is 17.2. The Kier molecular flexibility index (Phi) is 73.7. The Morgan fingerprint density at radius 1 is 0.279 bits per heavy atom. The van der Waals surface area contributed by atoms with Crippen LogP contribution in [-0.2, 0) is 19.1 Å². The van der Waals surface area contributed by atoms with Crippen LogP contribution in [0.4, 0.5) is 0 Å². The number of hydrogen-bond acceptors (Lipinski definition) is 5. The van der Waals surface area contributed by atoms with Gasteiger partial charge in [-0.05, 0) is 89.9 Å². The second kappa shape index (κ2) is 76.3. The van der Waals surface area contributed by atoms with Crippen LogP contribution in [0, 0.1) is 0 Å². The Labute approximate surface area is 536 Å². The average Bonchev–Trinajstić information content (AvgIpc) is 3.55. The molecule has 0 aliphatic rings. The number of unbranched alkanes of at least 4 members (excludes halogenated alkanes) is 49. The molecule has 0 amide bonds. The number of allylic oxidation sites excluding steroid dienone is 14. The smallest absolute Gasteiger partial charge is 0.306 e. The van der Waals surface area contributed by atoms with Crippen LogP contribution in [0.15, 0.2) is 85.1 Å². The normalized spacial score (nSPS) is 12.6. The van der Waals surface area contributed by atoms with Gasteiger partial charge in [-0.1, -0.05) is 381 Å². The summed E-state index contributed by atoms with van der Waals surface area (Å²) in [5, 5.41) is 9.72. The van der Waals surface area contributed by atoms with E-state index in [1.807, 2.05) is 0 Å². The molecule has 1 N–H and O–H groups in total. The predicted octanol–water partition coefficient (Wildman–Crippen LogP) is 26.8. The average molecular weight is 1200 g/mol. The van der Waals surface area contributed by atoms with Crippen molar-refractivity contribution in [1.82, 2.24) is 0 Å². The number of carbonyl (C=O) groups is 2. The summed E-state index contributed by atoms with van der Waals surface area (Å²) in [5.74, 6) is -0.570. The fourth-order valence-corrected chi connectivity index (χ4v) is 11.5. The molecule has 5 heteroatoms. The molecule has 1 unspecified atom stereocenters.